The zero-order valence-corrected chi connectivity index (χ0v) is 16.2. The molecule has 0 bridgehead atoms. The van der Waals surface area contributed by atoms with Gasteiger partial charge < -0.3 is 9.84 Å². The predicted octanol–water partition coefficient (Wildman–Crippen LogP) is 5.83. The third-order valence-corrected chi connectivity index (χ3v) is 4.80. The lowest BCUT2D eigenvalue weighted by Crippen LogP contribution is -2.01. The molecule has 0 spiro atoms. The number of carbonyl (C=O) groups is 1. The van der Waals surface area contributed by atoms with Crippen molar-refractivity contribution in [1.29, 1.82) is 0 Å². The molecule has 142 valence electrons. The summed E-state index contributed by atoms with van der Waals surface area (Å²) in [7, 11) is 0. The second-order valence-corrected chi connectivity index (χ2v) is 6.75. The molecule has 28 heavy (non-hydrogen) atoms. The number of esters is 1. The molecule has 3 aromatic rings. The lowest BCUT2D eigenvalue weighted by atomic mass is 9.92. The summed E-state index contributed by atoms with van der Waals surface area (Å²) < 4.78 is 5.08. The summed E-state index contributed by atoms with van der Waals surface area (Å²) in [6, 6.07) is 20.3. The van der Waals surface area contributed by atoms with Gasteiger partial charge in [-0.2, -0.15) is 0 Å². The molecule has 0 unspecified atom stereocenters. The number of ether oxygens (including phenoxy) is 1. The van der Waals surface area contributed by atoms with Crippen molar-refractivity contribution in [2.75, 3.05) is 0 Å². The largest absolute Gasteiger partial charge is 0.508 e. The Hall–Kier alpha value is -3.33. The van der Waals surface area contributed by atoms with Crippen LogP contribution in [0.1, 0.15) is 23.6 Å². The maximum atomic E-state index is 11.3. The Bertz CT molecular complexity index is 1000. The minimum atomic E-state index is -0.512. The van der Waals surface area contributed by atoms with E-state index in [4.69, 9.17) is 4.74 Å². The topological polar surface area (TPSA) is 46.5 Å². The van der Waals surface area contributed by atoms with E-state index >= 15 is 0 Å². The van der Waals surface area contributed by atoms with Crippen molar-refractivity contribution in [3.63, 3.8) is 0 Å². The standard InChI is InChI=1S/C25H24O3/c1-4-18-14-20(19-8-6-17(3)7-9-19)10-12-23(18)21-11-13-24(26)22(15-21)16-28-25(27)5-2/h5-15,26H,2,4,16H2,1,3H3. The van der Waals surface area contributed by atoms with Crippen LogP contribution in [-0.2, 0) is 22.6 Å². The Morgan fingerprint density at radius 3 is 2.29 bits per heavy atom. The Morgan fingerprint density at radius 1 is 0.964 bits per heavy atom. The number of aryl methyl sites for hydroxylation is 2. The highest BCUT2D eigenvalue weighted by Gasteiger charge is 2.11. The van der Waals surface area contributed by atoms with Gasteiger partial charge in [0.05, 0.1) is 0 Å². The average molecular weight is 372 g/mol. The number of phenolic OH excluding ortho intramolecular Hbond substituents is 1. The first-order valence-electron chi connectivity index (χ1n) is 9.33. The van der Waals surface area contributed by atoms with Crippen LogP contribution in [0, 0.1) is 6.92 Å². The van der Waals surface area contributed by atoms with Gasteiger partial charge in [0.15, 0.2) is 0 Å². The van der Waals surface area contributed by atoms with Crippen molar-refractivity contribution < 1.29 is 14.6 Å². The van der Waals surface area contributed by atoms with Crippen molar-refractivity contribution >= 4 is 5.97 Å². The number of hydrogen-bond donors (Lipinski definition) is 1. The quantitative estimate of drug-likeness (QED) is 0.438. The van der Waals surface area contributed by atoms with E-state index in [2.05, 4.69) is 62.9 Å². The van der Waals surface area contributed by atoms with E-state index in [-0.39, 0.29) is 12.4 Å². The van der Waals surface area contributed by atoms with E-state index in [1.54, 1.807) is 6.07 Å². The first kappa shape index (κ1) is 19.4. The molecule has 0 aliphatic heterocycles. The molecule has 3 nitrogen and oxygen atoms in total. The molecule has 0 aliphatic rings. The highest BCUT2D eigenvalue weighted by Crippen LogP contribution is 2.32. The van der Waals surface area contributed by atoms with Crippen molar-refractivity contribution in [1.82, 2.24) is 0 Å². The Balaban J connectivity index is 1.95. The van der Waals surface area contributed by atoms with Crippen molar-refractivity contribution in [2.45, 2.75) is 26.9 Å². The summed E-state index contributed by atoms with van der Waals surface area (Å²) in [6.45, 7) is 7.60. The summed E-state index contributed by atoms with van der Waals surface area (Å²) >= 11 is 0. The van der Waals surface area contributed by atoms with Crippen molar-refractivity contribution in [2.24, 2.45) is 0 Å². The molecular weight excluding hydrogens is 348 g/mol. The van der Waals surface area contributed by atoms with Gasteiger partial charge in [-0.25, -0.2) is 4.79 Å². The molecule has 0 heterocycles. The van der Waals surface area contributed by atoms with E-state index < -0.39 is 5.97 Å². The van der Waals surface area contributed by atoms with Gasteiger partial charge in [0.25, 0.3) is 0 Å². The summed E-state index contributed by atoms with van der Waals surface area (Å²) in [5, 5.41) is 10.1. The molecule has 1 N–H and O–H groups in total. The van der Waals surface area contributed by atoms with E-state index in [1.807, 2.05) is 12.1 Å². The third-order valence-electron chi connectivity index (χ3n) is 4.80. The normalized spacial score (nSPS) is 10.5. The van der Waals surface area contributed by atoms with Gasteiger partial charge in [0.2, 0.25) is 0 Å². The highest BCUT2D eigenvalue weighted by molar-refractivity contribution is 5.81. The molecule has 0 saturated carbocycles. The number of carbonyl (C=O) groups excluding carboxylic acids is 1. The second-order valence-electron chi connectivity index (χ2n) is 6.75. The zero-order chi connectivity index (χ0) is 20.1. The average Bonchev–Trinajstić information content (AvgIpc) is 2.73. The van der Waals surface area contributed by atoms with Crippen LogP contribution in [0.4, 0.5) is 0 Å². The van der Waals surface area contributed by atoms with E-state index in [0.717, 1.165) is 23.6 Å². The molecule has 3 aromatic carbocycles. The van der Waals surface area contributed by atoms with Crippen LogP contribution >= 0.6 is 0 Å². The lowest BCUT2D eigenvalue weighted by Gasteiger charge is -2.13. The highest BCUT2D eigenvalue weighted by atomic mass is 16.5. The van der Waals surface area contributed by atoms with Gasteiger partial charge in [-0.1, -0.05) is 67.6 Å². The fourth-order valence-corrected chi connectivity index (χ4v) is 3.17. The van der Waals surface area contributed by atoms with Gasteiger partial charge in [-0.15, -0.1) is 0 Å². The SMILES string of the molecule is C=CC(=O)OCc1cc(-c2ccc(-c3ccc(C)cc3)cc2CC)ccc1O. The molecule has 0 aromatic heterocycles. The van der Waals surface area contributed by atoms with Crippen LogP contribution in [0.2, 0.25) is 0 Å². The molecule has 3 heteroatoms. The maximum Gasteiger partial charge on any atom is 0.330 e. The van der Waals surface area contributed by atoms with Gasteiger partial charge in [0.1, 0.15) is 12.4 Å². The minimum Gasteiger partial charge on any atom is -0.508 e. The maximum absolute atomic E-state index is 11.3. The molecule has 0 atom stereocenters. The van der Waals surface area contributed by atoms with Crippen LogP contribution in [0.25, 0.3) is 22.3 Å². The fourth-order valence-electron chi connectivity index (χ4n) is 3.17. The Morgan fingerprint density at radius 2 is 1.61 bits per heavy atom. The number of hydrogen-bond acceptors (Lipinski definition) is 3. The van der Waals surface area contributed by atoms with E-state index in [1.165, 1.54) is 22.3 Å². The second kappa shape index (κ2) is 8.57. The van der Waals surface area contributed by atoms with Gasteiger partial charge in [-0.05, 0) is 53.3 Å². The first-order chi connectivity index (χ1) is 13.5. The molecule has 0 fully saturated rings. The van der Waals surface area contributed by atoms with Crippen LogP contribution in [0.15, 0.2) is 73.3 Å². The molecule has 0 radical (unpaired) electrons. The number of benzene rings is 3. The van der Waals surface area contributed by atoms with Crippen LogP contribution in [-0.4, -0.2) is 11.1 Å². The molecule has 0 amide bonds. The summed E-state index contributed by atoms with van der Waals surface area (Å²) in [6.07, 6.45) is 2.00. The predicted molar refractivity (Wildman–Crippen MR) is 113 cm³/mol. The lowest BCUT2D eigenvalue weighted by molar-refractivity contribution is -0.139. The van der Waals surface area contributed by atoms with Crippen LogP contribution in [0.5, 0.6) is 5.75 Å². The zero-order valence-electron chi connectivity index (χ0n) is 16.2. The van der Waals surface area contributed by atoms with E-state index in [9.17, 15) is 9.90 Å². The number of rotatable bonds is 6. The summed E-state index contributed by atoms with van der Waals surface area (Å²) in [5.41, 5.74) is 7.48. The fraction of sp³-hybridized carbons (Fsp3) is 0.160. The Labute approximate surface area is 165 Å². The molecular formula is C25H24O3. The van der Waals surface area contributed by atoms with E-state index in [0.29, 0.717) is 5.56 Å². The van der Waals surface area contributed by atoms with Gasteiger partial charge in [0, 0.05) is 11.6 Å². The number of phenols is 1. The van der Waals surface area contributed by atoms with Crippen LogP contribution in [0.3, 0.4) is 0 Å². The minimum absolute atomic E-state index is 0.00738. The number of aromatic hydroxyl groups is 1. The summed E-state index contributed by atoms with van der Waals surface area (Å²) in [4.78, 5) is 11.3. The monoisotopic (exact) mass is 372 g/mol. The van der Waals surface area contributed by atoms with Crippen molar-refractivity contribution in [3.8, 4) is 28.0 Å². The van der Waals surface area contributed by atoms with Crippen molar-refractivity contribution in [3.05, 3.63) is 90.0 Å². The summed E-state index contributed by atoms with van der Waals surface area (Å²) in [5.74, 6) is -0.406. The molecule has 0 saturated heterocycles. The smallest absolute Gasteiger partial charge is 0.330 e. The van der Waals surface area contributed by atoms with Crippen LogP contribution < -0.4 is 0 Å². The first-order valence-corrected chi connectivity index (χ1v) is 9.33. The molecule has 3 rings (SSSR count). The Kier molecular flexibility index (Phi) is 5.95. The van der Waals surface area contributed by atoms with Gasteiger partial charge in [-0.3, -0.25) is 0 Å². The third kappa shape index (κ3) is 4.32. The van der Waals surface area contributed by atoms with Gasteiger partial charge >= 0.3 is 5.97 Å². The molecule has 0 aliphatic carbocycles.